The van der Waals surface area contributed by atoms with Gasteiger partial charge < -0.3 is 10.5 Å². The van der Waals surface area contributed by atoms with Crippen LogP contribution in [0.3, 0.4) is 0 Å². The van der Waals surface area contributed by atoms with Crippen molar-refractivity contribution in [1.82, 2.24) is 0 Å². The highest BCUT2D eigenvalue weighted by atomic mass is 32.2. The number of hydrogen-bond donors (Lipinski definition) is 1. The fraction of sp³-hybridized carbons (Fsp3) is 0.538. The minimum absolute atomic E-state index is 0.156. The number of ether oxygens (including phenoxy) is 1. The van der Waals surface area contributed by atoms with E-state index in [9.17, 15) is 0 Å². The second kappa shape index (κ2) is 6.94. The Bertz CT molecular complexity index is 315. The average molecular weight is 239 g/mol. The maximum Gasteiger partial charge on any atom is 0.0553 e. The summed E-state index contributed by atoms with van der Waals surface area (Å²) >= 11 is 1.87. The third-order valence-electron chi connectivity index (χ3n) is 2.43. The molecule has 1 aromatic rings. The Kier molecular flexibility index (Phi) is 5.88. The van der Waals surface area contributed by atoms with Gasteiger partial charge in [-0.05, 0) is 19.4 Å². The number of nitrogens with two attached hydrogens (primary N) is 1. The Morgan fingerprint density at radius 3 is 2.75 bits per heavy atom. The zero-order valence-electron chi connectivity index (χ0n) is 10.3. The van der Waals surface area contributed by atoms with Crippen LogP contribution in [0, 0.1) is 6.92 Å². The van der Waals surface area contributed by atoms with E-state index >= 15 is 0 Å². The molecule has 1 aromatic carbocycles. The van der Waals surface area contributed by atoms with E-state index in [0.717, 1.165) is 12.4 Å². The first kappa shape index (κ1) is 13.6. The van der Waals surface area contributed by atoms with E-state index in [1.165, 1.54) is 11.1 Å². The summed E-state index contributed by atoms with van der Waals surface area (Å²) in [6, 6.07) is 8.73. The summed E-state index contributed by atoms with van der Waals surface area (Å²) in [5, 5.41) is 0.357. The van der Waals surface area contributed by atoms with Gasteiger partial charge in [0, 0.05) is 24.2 Å². The molecule has 0 heterocycles. The van der Waals surface area contributed by atoms with E-state index in [1.807, 2.05) is 11.8 Å². The van der Waals surface area contributed by atoms with Crippen molar-refractivity contribution >= 4 is 11.8 Å². The standard InChI is InChI=1S/C13H21NOS/c1-10-5-4-6-12(9-10)13(11(2)14)16-8-7-15-3/h4-6,9,11,13H,7-8,14H2,1-3H3. The molecule has 0 aliphatic carbocycles. The van der Waals surface area contributed by atoms with Crippen molar-refractivity contribution < 1.29 is 4.74 Å². The zero-order chi connectivity index (χ0) is 12.0. The minimum Gasteiger partial charge on any atom is -0.384 e. The van der Waals surface area contributed by atoms with Gasteiger partial charge in [0.1, 0.15) is 0 Å². The van der Waals surface area contributed by atoms with E-state index in [0.29, 0.717) is 5.25 Å². The Hall–Kier alpha value is -0.510. The molecule has 3 heteroatoms. The normalized spacial score (nSPS) is 14.8. The number of methoxy groups -OCH3 is 1. The lowest BCUT2D eigenvalue weighted by Gasteiger charge is -2.21. The van der Waals surface area contributed by atoms with Crippen molar-refractivity contribution in [3.8, 4) is 0 Å². The quantitative estimate of drug-likeness (QED) is 0.775. The van der Waals surface area contributed by atoms with Gasteiger partial charge >= 0.3 is 0 Å². The van der Waals surface area contributed by atoms with Crippen LogP contribution in [-0.4, -0.2) is 25.5 Å². The molecule has 0 aliphatic rings. The molecule has 2 atom stereocenters. The van der Waals surface area contributed by atoms with Crippen molar-refractivity contribution in [2.75, 3.05) is 19.5 Å². The molecular formula is C13H21NOS. The van der Waals surface area contributed by atoms with Crippen molar-refractivity contribution in [3.63, 3.8) is 0 Å². The maximum atomic E-state index is 6.04. The van der Waals surface area contributed by atoms with E-state index < -0.39 is 0 Å². The molecule has 2 N–H and O–H groups in total. The van der Waals surface area contributed by atoms with Crippen LogP contribution in [0.15, 0.2) is 24.3 Å². The number of rotatable bonds is 6. The van der Waals surface area contributed by atoms with E-state index in [4.69, 9.17) is 10.5 Å². The van der Waals surface area contributed by atoms with Gasteiger partial charge in [-0.15, -0.1) is 11.8 Å². The van der Waals surface area contributed by atoms with E-state index in [1.54, 1.807) is 7.11 Å². The lowest BCUT2D eigenvalue weighted by molar-refractivity contribution is 0.218. The molecule has 0 fully saturated rings. The van der Waals surface area contributed by atoms with E-state index in [-0.39, 0.29) is 6.04 Å². The third kappa shape index (κ3) is 4.16. The molecule has 1 rings (SSSR count). The highest BCUT2D eigenvalue weighted by molar-refractivity contribution is 7.99. The number of hydrogen-bond acceptors (Lipinski definition) is 3. The molecule has 16 heavy (non-hydrogen) atoms. The molecule has 0 aromatic heterocycles. The summed E-state index contributed by atoms with van der Waals surface area (Å²) in [5.41, 5.74) is 8.64. The van der Waals surface area contributed by atoms with Gasteiger partial charge in [0.25, 0.3) is 0 Å². The Morgan fingerprint density at radius 1 is 1.44 bits per heavy atom. The highest BCUT2D eigenvalue weighted by Crippen LogP contribution is 2.31. The first-order valence-electron chi connectivity index (χ1n) is 5.58. The highest BCUT2D eigenvalue weighted by Gasteiger charge is 2.16. The minimum atomic E-state index is 0.156. The van der Waals surface area contributed by atoms with Gasteiger partial charge in [0.2, 0.25) is 0 Å². The monoisotopic (exact) mass is 239 g/mol. The second-order valence-corrected chi connectivity index (χ2v) is 5.31. The fourth-order valence-electron chi connectivity index (χ4n) is 1.66. The summed E-state index contributed by atoms with van der Waals surface area (Å²) in [7, 11) is 1.73. The molecule has 0 saturated heterocycles. The Morgan fingerprint density at radius 2 is 2.19 bits per heavy atom. The van der Waals surface area contributed by atoms with Crippen LogP contribution in [-0.2, 0) is 4.74 Å². The molecule has 0 bridgehead atoms. The van der Waals surface area contributed by atoms with Gasteiger partial charge in [-0.25, -0.2) is 0 Å². The van der Waals surface area contributed by atoms with Crippen molar-refractivity contribution in [3.05, 3.63) is 35.4 Å². The molecule has 90 valence electrons. The second-order valence-electron chi connectivity index (χ2n) is 4.06. The first-order chi connectivity index (χ1) is 7.65. The fourth-order valence-corrected chi connectivity index (χ4v) is 2.82. The number of benzene rings is 1. The van der Waals surface area contributed by atoms with Crippen LogP contribution in [0.25, 0.3) is 0 Å². The molecule has 0 aliphatic heterocycles. The number of aryl methyl sites for hydroxylation is 1. The molecule has 0 spiro atoms. The van der Waals surface area contributed by atoms with E-state index in [2.05, 4.69) is 38.1 Å². The molecule has 0 radical (unpaired) electrons. The van der Waals surface area contributed by atoms with Crippen molar-refractivity contribution in [2.24, 2.45) is 5.73 Å². The van der Waals surface area contributed by atoms with Gasteiger partial charge in [0.05, 0.1) is 6.61 Å². The van der Waals surface area contributed by atoms with Crippen LogP contribution in [0.1, 0.15) is 23.3 Å². The van der Waals surface area contributed by atoms with Gasteiger partial charge in [-0.3, -0.25) is 0 Å². The SMILES string of the molecule is COCCSC(c1cccc(C)c1)C(C)N. The predicted octanol–water partition coefficient (Wildman–Crippen LogP) is 2.76. The van der Waals surface area contributed by atoms with Crippen LogP contribution in [0.5, 0.6) is 0 Å². The first-order valence-corrected chi connectivity index (χ1v) is 6.62. The van der Waals surface area contributed by atoms with Crippen molar-refractivity contribution in [2.45, 2.75) is 25.1 Å². The summed E-state index contributed by atoms with van der Waals surface area (Å²) < 4.78 is 5.07. The van der Waals surface area contributed by atoms with Crippen molar-refractivity contribution in [1.29, 1.82) is 0 Å². The van der Waals surface area contributed by atoms with Gasteiger partial charge in [-0.1, -0.05) is 29.8 Å². The Labute approximate surface area is 103 Å². The molecule has 2 nitrogen and oxygen atoms in total. The summed E-state index contributed by atoms with van der Waals surface area (Å²) in [6.45, 7) is 4.95. The predicted molar refractivity (Wildman–Crippen MR) is 71.9 cm³/mol. The average Bonchev–Trinajstić information content (AvgIpc) is 2.24. The van der Waals surface area contributed by atoms with Crippen LogP contribution in [0.4, 0.5) is 0 Å². The molecule has 2 unspecified atom stereocenters. The third-order valence-corrected chi connectivity index (χ3v) is 3.90. The number of thioether (sulfide) groups is 1. The molecule has 0 amide bonds. The summed E-state index contributed by atoms with van der Waals surface area (Å²) in [4.78, 5) is 0. The lowest BCUT2D eigenvalue weighted by Crippen LogP contribution is -2.23. The smallest absolute Gasteiger partial charge is 0.0553 e. The Balaban J connectivity index is 2.69. The topological polar surface area (TPSA) is 35.2 Å². The largest absolute Gasteiger partial charge is 0.384 e. The molecular weight excluding hydrogens is 218 g/mol. The van der Waals surface area contributed by atoms with Crippen LogP contribution < -0.4 is 5.73 Å². The maximum absolute atomic E-state index is 6.04. The van der Waals surface area contributed by atoms with Crippen LogP contribution in [0.2, 0.25) is 0 Å². The van der Waals surface area contributed by atoms with Gasteiger partial charge in [-0.2, -0.15) is 0 Å². The lowest BCUT2D eigenvalue weighted by atomic mass is 10.0. The summed E-state index contributed by atoms with van der Waals surface area (Å²) in [5.74, 6) is 0.983. The molecule has 0 saturated carbocycles. The zero-order valence-corrected chi connectivity index (χ0v) is 11.1. The summed E-state index contributed by atoms with van der Waals surface area (Å²) in [6.07, 6.45) is 0. The van der Waals surface area contributed by atoms with Crippen LogP contribution >= 0.6 is 11.8 Å². The van der Waals surface area contributed by atoms with Gasteiger partial charge in [0.15, 0.2) is 0 Å².